The van der Waals surface area contributed by atoms with Crippen LogP contribution in [0, 0.1) is 13.8 Å². The Kier molecular flexibility index (Phi) is 8.91. The van der Waals surface area contributed by atoms with Gasteiger partial charge in [0.15, 0.2) is 6.29 Å². The van der Waals surface area contributed by atoms with E-state index in [1.54, 1.807) is 12.4 Å². The van der Waals surface area contributed by atoms with Gasteiger partial charge in [-0.3, -0.25) is 14.8 Å². The average molecular weight is 553 g/mol. The number of hydrogen-bond donors (Lipinski definition) is 1. The summed E-state index contributed by atoms with van der Waals surface area (Å²) < 4.78 is 15.3. The second kappa shape index (κ2) is 12.3. The molecule has 0 atom stereocenters. The van der Waals surface area contributed by atoms with Gasteiger partial charge in [-0.1, -0.05) is 46.5 Å². The lowest BCUT2D eigenvalue weighted by Crippen LogP contribution is -2.34. The topological polar surface area (TPSA) is 99.4 Å². The molecule has 8 nitrogen and oxygen atoms in total. The van der Waals surface area contributed by atoms with Crippen molar-refractivity contribution in [3.8, 4) is 11.5 Å². The highest BCUT2D eigenvalue weighted by Gasteiger charge is 2.16. The van der Waals surface area contributed by atoms with Crippen molar-refractivity contribution in [3.63, 3.8) is 0 Å². The number of fused-ring (bicyclic) bond motifs is 2. The number of pyridine rings is 2. The molecule has 196 valence electrons. The summed E-state index contributed by atoms with van der Waals surface area (Å²) in [5, 5.41) is 5.41. The normalized spacial score (nSPS) is 11.0. The van der Waals surface area contributed by atoms with Gasteiger partial charge in [-0.2, -0.15) is 0 Å². The van der Waals surface area contributed by atoms with Gasteiger partial charge in [0.25, 0.3) is 5.91 Å². The van der Waals surface area contributed by atoms with E-state index in [1.165, 1.54) is 26.7 Å². The molecule has 0 saturated heterocycles. The minimum absolute atomic E-state index is 0.230. The fraction of sp³-hybridized carbons (Fsp3) is 0.214. The molecular weight excluding hydrogens is 527 g/mol. The van der Waals surface area contributed by atoms with Gasteiger partial charge in [0.2, 0.25) is 5.89 Å². The molecule has 5 rings (SSSR count). The monoisotopic (exact) mass is 552 g/mol. The zero-order valence-corrected chi connectivity index (χ0v) is 22.8. The van der Waals surface area contributed by atoms with Gasteiger partial charge in [0.05, 0.1) is 44.9 Å². The summed E-state index contributed by atoms with van der Waals surface area (Å²) in [4.78, 5) is 24.9. The molecule has 3 aromatic heterocycles. The number of oxazole rings is 1. The third-order valence-corrected chi connectivity index (χ3v) is 6.59. The number of nitrogens with one attached hydrogen (secondary N) is 1. The first-order valence-electron chi connectivity index (χ1n) is 11.7. The molecule has 0 spiro atoms. The van der Waals surface area contributed by atoms with Gasteiger partial charge in [-0.25, -0.2) is 4.98 Å². The SMILES string of the molecule is COC(CNC(=O)c1cnc2ccc(C)cc2c1Cl)OC.Cc1ccc2ncc(-c3ncco3)c(Cl)c2c1. The van der Waals surface area contributed by atoms with Crippen molar-refractivity contribution in [3.05, 3.63) is 88.0 Å². The maximum atomic E-state index is 12.2. The molecule has 0 aliphatic rings. The summed E-state index contributed by atoms with van der Waals surface area (Å²) in [6.07, 6.45) is 5.77. The van der Waals surface area contributed by atoms with E-state index in [2.05, 4.69) is 20.3 Å². The zero-order chi connectivity index (χ0) is 27.2. The quantitative estimate of drug-likeness (QED) is 0.243. The Morgan fingerprint density at radius 3 is 2.11 bits per heavy atom. The fourth-order valence-corrected chi connectivity index (χ4v) is 4.31. The third kappa shape index (κ3) is 6.11. The van der Waals surface area contributed by atoms with Crippen LogP contribution in [0.25, 0.3) is 33.3 Å². The molecule has 0 bridgehead atoms. The van der Waals surface area contributed by atoms with Crippen molar-refractivity contribution in [2.75, 3.05) is 20.8 Å². The van der Waals surface area contributed by atoms with Crippen LogP contribution in [0.5, 0.6) is 0 Å². The van der Waals surface area contributed by atoms with E-state index in [9.17, 15) is 4.79 Å². The molecule has 0 unspecified atom stereocenters. The maximum Gasteiger partial charge on any atom is 0.254 e. The number of carbonyl (C=O) groups excluding carboxylic acids is 1. The number of nitrogens with zero attached hydrogens (tertiary/aromatic N) is 3. The highest BCUT2D eigenvalue weighted by Crippen LogP contribution is 2.32. The largest absolute Gasteiger partial charge is 0.444 e. The van der Waals surface area contributed by atoms with E-state index < -0.39 is 6.29 Å². The number of amides is 1. The zero-order valence-electron chi connectivity index (χ0n) is 21.3. The Balaban J connectivity index is 0.000000180. The van der Waals surface area contributed by atoms with Crippen LogP contribution in [0.3, 0.4) is 0 Å². The Labute approximate surface area is 229 Å². The van der Waals surface area contributed by atoms with Crippen LogP contribution < -0.4 is 5.32 Å². The lowest BCUT2D eigenvalue weighted by atomic mass is 10.1. The molecule has 10 heteroatoms. The molecule has 5 aromatic rings. The minimum atomic E-state index is -0.497. The van der Waals surface area contributed by atoms with Gasteiger partial charge in [0, 0.05) is 37.4 Å². The van der Waals surface area contributed by atoms with Gasteiger partial charge >= 0.3 is 0 Å². The highest BCUT2D eigenvalue weighted by atomic mass is 35.5. The first-order chi connectivity index (χ1) is 18.3. The number of hydrogen-bond acceptors (Lipinski definition) is 7. The summed E-state index contributed by atoms with van der Waals surface area (Å²) >= 11 is 12.7. The lowest BCUT2D eigenvalue weighted by Gasteiger charge is -2.14. The van der Waals surface area contributed by atoms with Gasteiger partial charge in [-0.15, -0.1) is 0 Å². The third-order valence-electron chi connectivity index (χ3n) is 5.78. The van der Waals surface area contributed by atoms with Gasteiger partial charge in [0.1, 0.15) is 6.26 Å². The van der Waals surface area contributed by atoms with E-state index in [-0.39, 0.29) is 12.5 Å². The van der Waals surface area contributed by atoms with Gasteiger partial charge in [-0.05, 0) is 38.1 Å². The number of ether oxygens (including phenoxy) is 2. The molecule has 0 aliphatic heterocycles. The van der Waals surface area contributed by atoms with Crippen molar-refractivity contribution >= 4 is 50.9 Å². The standard InChI is InChI=1S/C15H17ClN2O3.C13H9ClN2O/c1-9-4-5-12-10(6-9)14(16)11(7-17-12)15(19)18-8-13(20-2)21-3;1-8-2-3-11-9(6-8)12(14)10(7-16-11)13-15-4-5-17-13/h4-7,13H,8H2,1-3H3,(H,18,19);2-7H,1H3. The smallest absolute Gasteiger partial charge is 0.254 e. The van der Waals surface area contributed by atoms with Crippen molar-refractivity contribution in [1.82, 2.24) is 20.3 Å². The maximum absolute atomic E-state index is 12.2. The number of rotatable bonds is 6. The summed E-state index contributed by atoms with van der Waals surface area (Å²) in [5.74, 6) is 0.181. The Morgan fingerprint density at radius 2 is 1.53 bits per heavy atom. The Morgan fingerprint density at radius 1 is 0.921 bits per heavy atom. The van der Waals surface area contributed by atoms with E-state index in [1.807, 2.05) is 50.2 Å². The van der Waals surface area contributed by atoms with Gasteiger partial charge < -0.3 is 19.2 Å². The number of methoxy groups -OCH3 is 2. The average Bonchev–Trinajstić information content (AvgIpc) is 3.45. The number of aromatic nitrogens is 3. The van der Waals surface area contributed by atoms with E-state index >= 15 is 0 Å². The molecule has 2 aromatic carbocycles. The van der Waals surface area contributed by atoms with Crippen LogP contribution in [0.1, 0.15) is 21.5 Å². The molecule has 1 amide bonds. The molecule has 0 aliphatic carbocycles. The van der Waals surface area contributed by atoms with Crippen molar-refractivity contribution in [2.24, 2.45) is 0 Å². The summed E-state index contributed by atoms with van der Waals surface area (Å²) in [6.45, 7) is 4.21. The molecule has 1 N–H and O–H groups in total. The second-order valence-corrected chi connectivity index (χ2v) is 9.22. The van der Waals surface area contributed by atoms with E-state index in [0.29, 0.717) is 21.5 Å². The Hall–Kier alpha value is -3.56. The van der Waals surface area contributed by atoms with Crippen LogP contribution in [0.2, 0.25) is 10.0 Å². The molecule has 0 saturated carbocycles. The number of benzene rings is 2. The molecule has 0 radical (unpaired) electrons. The van der Waals surface area contributed by atoms with Crippen LogP contribution in [0.15, 0.2) is 65.7 Å². The van der Waals surface area contributed by atoms with Crippen LogP contribution in [0.4, 0.5) is 0 Å². The number of aryl methyl sites for hydroxylation is 2. The van der Waals surface area contributed by atoms with Crippen LogP contribution >= 0.6 is 23.2 Å². The predicted molar refractivity (Wildman–Crippen MR) is 149 cm³/mol. The van der Waals surface area contributed by atoms with Crippen LogP contribution in [-0.2, 0) is 9.47 Å². The second-order valence-electron chi connectivity index (χ2n) is 8.46. The molecule has 0 fully saturated rings. The van der Waals surface area contributed by atoms with Crippen molar-refractivity contribution < 1.29 is 18.7 Å². The first-order valence-corrected chi connectivity index (χ1v) is 12.4. The summed E-state index contributed by atoms with van der Waals surface area (Å²) in [6, 6.07) is 11.7. The predicted octanol–water partition coefficient (Wildman–Crippen LogP) is 6.40. The Bertz CT molecular complexity index is 1570. The first kappa shape index (κ1) is 27.5. The minimum Gasteiger partial charge on any atom is -0.444 e. The van der Waals surface area contributed by atoms with Crippen molar-refractivity contribution in [1.29, 1.82) is 0 Å². The molecule has 3 heterocycles. The lowest BCUT2D eigenvalue weighted by molar-refractivity contribution is -0.0974. The van der Waals surface area contributed by atoms with Crippen molar-refractivity contribution in [2.45, 2.75) is 20.1 Å². The summed E-state index contributed by atoms with van der Waals surface area (Å²) in [5.41, 5.74) is 4.88. The number of carbonyl (C=O) groups is 1. The highest BCUT2D eigenvalue weighted by molar-refractivity contribution is 6.38. The molecular formula is C28H26Cl2N4O4. The summed E-state index contributed by atoms with van der Waals surface area (Å²) in [7, 11) is 3.02. The van der Waals surface area contributed by atoms with Crippen LogP contribution in [-0.4, -0.2) is 47.9 Å². The number of halogens is 2. The molecule has 38 heavy (non-hydrogen) atoms. The van der Waals surface area contributed by atoms with E-state index in [0.717, 1.165) is 38.5 Å². The fourth-order valence-electron chi connectivity index (χ4n) is 3.75. The van der Waals surface area contributed by atoms with E-state index in [4.69, 9.17) is 37.1 Å².